The molecular formula is C20H22N4O2. The number of oxazole rings is 1. The van der Waals surface area contributed by atoms with Gasteiger partial charge >= 0.3 is 0 Å². The van der Waals surface area contributed by atoms with Crippen molar-refractivity contribution in [3.8, 4) is 17.2 Å². The minimum atomic E-state index is 0.359. The average molecular weight is 350 g/mol. The third-order valence-electron chi connectivity index (χ3n) is 3.86. The first-order valence-electron chi connectivity index (χ1n) is 8.36. The summed E-state index contributed by atoms with van der Waals surface area (Å²) in [7, 11) is 1.63. The summed E-state index contributed by atoms with van der Waals surface area (Å²) in [6.07, 6.45) is 2.32. The molecule has 6 heteroatoms. The van der Waals surface area contributed by atoms with Crippen molar-refractivity contribution in [2.75, 3.05) is 19.0 Å². The molecule has 0 aliphatic carbocycles. The fourth-order valence-electron chi connectivity index (χ4n) is 2.40. The van der Waals surface area contributed by atoms with Crippen LogP contribution in [0.4, 0.5) is 5.69 Å². The Labute approximate surface area is 152 Å². The van der Waals surface area contributed by atoms with Crippen LogP contribution >= 0.6 is 0 Å². The second-order valence-electron chi connectivity index (χ2n) is 5.88. The van der Waals surface area contributed by atoms with E-state index in [-0.39, 0.29) is 0 Å². The van der Waals surface area contributed by atoms with Gasteiger partial charge in [-0.3, -0.25) is 4.99 Å². The molecule has 0 aliphatic rings. The summed E-state index contributed by atoms with van der Waals surface area (Å²) in [5.74, 6) is 1.77. The topological polar surface area (TPSA) is 85.7 Å². The highest BCUT2D eigenvalue weighted by Crippen LogP contribution is 2.19. The maximum Gasteiger partial charge on any atom is 0.226 e. The van der Waals surface area contributed by atoms with E-state index in [2.05, 4.69) is 15.3 Å². The van der Waals surface area contributed by atoms with Crippen LogP contribution in [-0.4, -0.2) is 24.6 Å². The lowest BCUT2D eigenvalue weighted by molar-refractivity contribution is 0.415. The van der Waals surface area contributed by atoms with Gasteiger partial charge in [-0.1, -0.05) is 17.7 Å². The van der Waals surface area contributed by atoms with Crippen LogP contribution in [0.25, 0.3) is 11.5 Å². The molecule has 0 spiro atoms. The van der Waals surface area contributed by atoms with E-state index >= 15 is 0 Å². The molecule has 0 fully saturated rings. The zero-order chi connectivity index (χ0) is 18.4. The van der Waals surface area contributed by atoms with E-state index in [1.807, 2.05) is 55.5 Å². The predicted molar refractivity (Wildman–Crippen MR) is 103 cm³/mol. The van der Waals surface area contributed by atoms with Crippen LogP contribution in [0, 0.1) is 6.92 Å². The van der Waals surface area contributed by atoms with Gasteiger partial charge in [0.05, 0.1) is 12.8 Å². The molecule has 3 aromatic rings. The summed E-state index contributed by atoms with van der Waals surface area (Å²) in [5, 5.41) is 3.04. The van der Waals surface area contributed by atoms with Gasteiger partial charge in [-0.15, -0.1) is 0 Å². The number of hydrogen-bond acceptors (Lipinski definition) is 4. The summed E-state index contributed by atoms with van der Waals surface area (Å²) in [6.45, 7) is 2.57. The van der Waals surface area contributed by atoms with E-state index in [1.54, 1.807) is 13.4 Å². The van der Waals surface area contributed by atoms with Gasteiger partial charge in [0.25, 0.3) is 0 Å². The van der Waals surface area contributed by atoms with Crippen molar-refractivity contribution in [1.29, 1.82) is 0 Å². The zero-order valence-electron chi connectivity index (χ0n) is 14.9. The van der Waals surface area contributed by atoms with Crippen LogP contribution in [0.15, 0.2) is 64.2 Å². The number of aliphatic imine (C=N–C) groups is 1. The molecule has 0 aliphatic heterocycles. The molecule has 0 saturated carbocycles. The molecule has 3 N–H and O–H groups in total. The maximum absolute atomic E-state index is 5.91. The van der Waals surface area contributed by atoms with Crippen molar-refractivity contribution in [1.82, 2.24) is 4.98 Å². The Hall–Kier alpha value is -3.28. The van der Waals surface area contributed by atoms with Crippen molar-refractivity contribution in [2.24, 2.45) is 10.7 Å². The molecule has 0 bridgehead atoms. The fourth-order valence-corrected chi connectivity index (χ4v) is 2.40. The van der Waals surface area contributed by atoms with Gasteiger partial charge in [-0.25, -0.2) is 4.98 Å². The van der Waals surface area contributed by atoms with E-state index in [0.29, 0.717) is 24.8 Å². The number of nitrogens with two attached hydrogens (primary N) is 1. The summed E-state index contributed by atoms with van der Waals surface area (Å²) < 4.78 is 10.7. The van der Waals surface area contributed by atoms with Crippen molar-refractivity contribution in [3.63, 3.8) is 0 Å². The van der Waals surface area contributed by atoms with Gasteiger partial charge in [0.15, 0.2) is 5.96 Å². The minimum absolute atomic E-state index is 0.359. The highest BCUT2D eigenvalue weighted by Gasteiger charge is 2.06. The SMILES string of the molecule is COc1ccc(NC(N)=NCCc2coc(-c3ccc(C)cc3)n2)cc1. The third kappa shape index (κ3) is 4.63. The number of hydrogen-bond donors (Lipinski definition) is 2. The number of anilines is 1. The molecule has 0 amide bonds. The van der Waals surface area contributed by atoms with Crippen molar-refractivity contribution >= 4 is 11.6 Å². The summed E-state index contributed by atoms with van der Waals surface area (Å²) >= 11 is 0. The molecule has 0 atom stereocenters. The number of nitrogens with zero attached hydrogens (tertiary/aromatic N) is 2. The first-order chi connectivity index (χ1) is 12.6. The van der Waals surface area contributed by atoms with Crippen LogP contribution in [-0.2, 0) is 6.42 Å². The first-order valence-corrected chi connectivity index (χ1v) is 8.36. The van der Waals surface area contributed by atoms with Crippen LogP contribution in [0.5, 0.6) is 5.75 Å². The standard InChI is InChI=1S/C20H22N4O2/c1-14-3-5-15(6-4-14)19-23-17(13-26-19)11-12-22-20(21)24-16-7-9-18(25-2)10-8-16/h3-10,13H,11-12H2,1-2H3,(H3,21,22,24). The van der Waals surface area contributed by atoms with Gasteiger partial charge in [0.1, 0.15) is 12.0 Å². The number of rotatable bonds is 6. The Morgan fingerprint density at radius 2 is 1.88 bits per heavy atom. The Morgan fingerprint density at radius 3 is 2.58 bits per heavy atom. The van der Waals surface area contributed by atoms with Gasteiger partial charge < -0.3 is 20.2 Å². The Balaban J connectivity index is 1.53. The normalized spacial score (nSPS) is 11.4. The van der Waals surface area contributed by atoms with Crippen LogP contribution in [0.1, 0.15) is 11.3 Å². The summed E-state index contributed by atoms with van der Waals surface area (Å²) in [6, 6.07) is 15.6. The van der Waals surface area contributed by atoms with E-state index in [9.17, 15) is 0 Å². The molecule has 3 rings (SSSR count). The number of aryl methyl sites for hydroxylation is 1. The fraction of sp³-hybridized carbons (Fsp3) is 0.200. The zero-order valence-corrected chi connectivity index (χ0v) is 14.9. The van der Waals surface area contributed by atoms with E-state index < -0.39 is 0 Å². The van der Waals surface area contributed by atoms with Crippen molar-refractivity contribution < 1.29 is 9.15 Å². The lowest BCUT2D eigenvalue weighted by Crippen LogP contribution is -2.23. The monoisotopic (exact) mass is 350 g/mol. The number of benzene rings is 2. The smallest absolute Gasteiger partial charge is 0.226 e. The molecule has 1 aromatic heterocycles. The summed E-state index contributed by atoms with van der Waals surface area (Å²) in [4.78, 5) is 8.82. The molecule has 2 aromatic carbocycles. The number of guanidine groups is 1. The Bertz CT molecular complexity index is 868. The Morgan fingerprint density at radius 1 is 1.15 bits per heavy atom. The summed E-state index contributed by atoms with van der Waals surface area (Å²) in [5.41, 5.74) is 9.79. The molecule has 26 heavy (non-hydrogen) atoms. The number of methoxy groups -OCH3 is 1. The average Bonchev–Trinajstić information content (AvgIpc) is 3.12. The Kier molecular flexibility index (Phi) is 5.53. The molecular weight excluding hydrogens is 328 g/mol. The molecule has 1 heterocycles. The second kappa shape index (κ2) is 8.20. The second-order valence-corrected chi connectivity index (χ2v) is 5.88. The van der Waals surface area contributed by atoms with Crippen LogP contribution in [0.3, 0.4) is 0 Å². The van der Waals surface area contributed by atoms with Gasteiger partial charge in [0.2, 0.25) is 5.89 Å². The van der Waals surface area contributed by atoms with E-state index in [0.717, 1.165) is 22.7 Å². The van der Waals surface area contributed by atoms with E-state index in [4.69, 9.17) is 14.9 Å². The molecule has 134 valence electrons. The lowest BCUT2D eigenvalue weighted by atomic mass is 10.1. The molecule has 0 saturated heterocycles. The number of aromatic nitrogens is 1. The van der Waals surface area contributed by atoms with Crippen LogP contribution < -0.4 is 15.8 Å². The highest BCUT2D eigenvalue weighted by molar-refractivity contribution is 5.92. The molecule has 0 radical (unpaired) electrons. The van der Waals surface area contributed by atoms with Gasteiger partial charge in [-0.05, 0) is 43.3 Å². The quantitative estimate of drug-likeness (QED) is 0.524. The van der Waals surface area contributed by atoms with E-state index in [1.165, 1.54) is 5.56 Å². The minimum Gasteiger partial charge on any atom is -0.497 e. The van der Waals surface area contributed by atoms with Gasteiger partial charge in [-0.2, -0.15) is 0 Å². The maximum atomic E-state index is 5.91. The third-order valence-corrected chi connectivity index (χ3v) is 3.86. The highest BCUT2D eigenvalue weighted by atomic mass is 16.5. The number of ether oxygens (including phenoxy) is 1. The largest absolute Gasteiger partial charge is 0.497 e. The number of nitrogens with one attached hydrogen (secondary N) is 1. The van der Waals surface area contributed by atoms with Crippen molar-refractivity contribution in [2.45, 2.75) is 13.3 Å². The molecule has 0 unspecified atom stereocenters. The predicted octanol–water partition coefficient (Wildman–Crippen LogP) is 3.63. The lowest BCUT2D eigenvalue weighted by Gasteiger charge is -2.06. The van der Waals surface area contributed by atoms with Crippen LogP contribution in [0.2, 0.25) is 0 Å². The molecule has 6 nitrogen and oxygen atoms in total. The van der Waals surface area contributed by atoms with Gasteiger partial charge in [0, 0.05) is 24.2 Å². The van der Waals surface area contributed by atoms with Crippen molar-refractivity contribution in [3.05, 3.63) is 66.1 Å². The first kappa shape index (κ1) is 17.5.